The summed E-state index contributed by atoms with van der Waals surface area (Å²) in [6, 6.07) is 8.53. The molecule has 2 amide bonds. The average molecular weight is 290 g/mol. The second-order valence-corrected chi connectivity index (χ2v) is 5.99. The molecule has 0 saturated heterocycles. The van der Waals surface area contributed by atoms with Gasteiger partial charge in [0.15, 0.2) is 0 Å². The number of amides is 2. The van der Waals surface area contributed by atoms with Gasteiger partial charge in [-0.3, -0.25) is 9.69 Å². The van der Waals surface area contributed by atoms with Crippen LogP contribution in [0.2, 0.25) is 0 Å². The highest BCUT2D eigenvalue weighted by atomic mass is 16.4. The molecule has 2 N–H and O–H groups in total. The van der Waals surface area contributed by atoms with Crippen molar-refractivity contribution in [1.82, 2.24) is 5.32 Å². The molecule has 1 saturated carbocycles. The number of para-hydroxylation sites is 1. The molecule has 0 unspecified atom stereocenters. The standard InChI is InChI=1S/C16H22N2O3/c1-16(9-5-6-10-16)12-17-15(21)18(11-14(19)20)13-7-3-2-4-8-13/h2-4,7-8H,5-6,9-12H2,1H3,(H,17,21)(H,19,20). The number of aliphatic carboxylic acids is 1. The molecule has 0 atom stereocenters. The van der Waals surface area contributed by atoms with Gasteiger partial charge in [0.05, 0.1) is 0 Å². The molecule has 5 nitrogen and oxygen atoms in total. The van der Waals surface area contributed by atoms with E-state index in [1.54, 1.807) is 24.3 Å². The lowest BCUT2D eigenvalue weighted by molar-refractivity contribution is -0.135. The van der Waals surface area contributed by atoms with Gasteiger partial charge >= 0.3 is 12.0 Å². The molecule has 0 spiro atoms. The van der Waals surface area contributed by atoms with Crippen LogP contribution >= 0.6 is 0 Å². The van der Waals surface area contributed by atoms with E-state index in [2.05, 4.69) is 12.2 Å². The number of carbonyl (C=O) groups excluding carboxylic acids is 1. The number of benzene rings is 1. The van der Waals surface area contributed by atoms with E-state index < -0.39 is 5.97 Å². The molecule has 114 valence electrons. The van der Waals surface area contributed by atoms with Crippen LogP contribution in [0.1, 0.15) is 32.6 Å². The first-order valence-electron chi connectivity index (χ1n) is 7.32. The first kappa shape index (κ1) is 15.4. The smallest absolute Gasteiger partial charge is 0.323 e. The number of nitrogens with zero attached hydrogens (tertiary/aromatic N) is 1. The van der Waals surface area contributed by atoms with Crippen molar-refractivity contribution >= 4 is 17.7 Å². The van der Waals surface area contributed by atoms with Crippen LogP contribution in [0.3, 0.4) is 0 Å². The SMILES string of the molecule is CC1(CNC(=O)N(CC(=O)O)c2ccccc2)CCCC1. The molecular weight excluding hydrogens is 268 g/mol. The van der Waals surface area contributed by atoms with Crippen molar-refractivity contribution in [3.63, 3.8) is 0 Å². The van der Waals surface area contributed by atoms with Crippen molar-refractivity contribution in [1.29, 1.82) is 0 Å². The maximum atomic E-state index is 12.3. The van der Waals surface area contributed by atoms with Crippen molar-refractivity contribution < 1.29 is 14.7 Å². The first-order valence-corrected chi connectivity index (χ1v) is 7.32. The maximum absolute atomic E-state index is 12.3. The van der Waals surface area contributed by atoms with E-state index >= 15 is 0 Å². The lowest BCUT2D eigenvalue weighted by Crippen LogP contribution is -2.45. The zero-order valence-electron chi connectivity index (χ0n) is 12.3. The Hall–Kier alpha value is -2.04. The number of rotatable bonds is 5. The van der Waals surface area contributed by atoms with Crippen LogP contribution in [-0.2, 0) is 4.79 Å². The van der Waals surface area contributed by atoms with Crippen molar-refractivity contribution in [2.24, 2.45) is 5.41 Å². The van der Waals surface area contributed by atoms with Crippen LogP contribution < -0.4 is 10.2 Å². The number of carboxylic acid groups (broad SMARTS) is 1. The molecule has 5 heteroatoms. The Kier molecular flexibility index (Phi) is 4.83. The highest BCUT2D eigenvalue weighted by molar-refractivity contribution is 5.96. The van der Waals surface area contributed by atoms with Crippen molar-refractivity contribution in [2.75, 3.05) is 18.0 Å². The van der Waals surface area contributed by atoms with Crippen LogP contribution in [-0.4, -0.2) is 30.2 Å². The number of hydrogen-bond acceptors (Lipinski definition) is 2. The van der Waals surface area contributed by atoms with Crippen LogP contribution in [0.15, 0.2) is 30.3 Å². The van der Waals surface area contributed by atoms with Crippen LogP contribution in [0.5, 0.6) is 0 Å². The summed E-state index contributed by atoms with van der Waals surface area (Å²) in [6.07, 6.45) is 4.61. The van der Waals surface area contributed by atoms with Crippen LogP contribution in [0.25, 0.3) is 0 Å². The minimum atomic E-state index is -1.03. The molecule has 1 aliphatic rings. The van der Waals surface area contributed by atoms with E-state index in [4.69, 9.17) is 5.11 Å². The Bertz CT molecular complexity index is 496. The number of carboxylic acids is 1. The first-order chi connectivity index (χ1) is 10.0. The molecule has 0 bridgehead atoms. The molecule has 0 heterocycles. The normalized spacial score (nSPS) is 16.4. The second-order valence-electron chi connectivity index (χ2n) is 5.99. The van der Waals surface area contributed by atoms with Gasteiger partial charge in [-0.1, -0.05) is 38.0 Å². The zero-order valence-corrected chi connectivity index (χ0v) is 12.3. The Morgan fingerprint density at radius 3 is 2.43 bits per heavy atom. The van der Waals surface area contributed by atoms with E-state index in [9.17, 15) is 9.59 Å². The van der Waals surface area contributed by atoms with Gasteiger partial charge < -0.3 is 10.4 Å². The predicted octanol–water partition coefficient (Wildman–Crippen LogP) is 2.87. The van der Waals surface area contributed by atoms with E-state index in [0.29, 0.717) is 12.2 Å². The Labute approximate surface area is 125 Å². The fraction of sp³-hybridized carbons (Fsp3) is 0.500. The maximum Gasteiger partial charge on any atom is 0.323 e. The van der Waals surface area contributed by atoms with Gasteiger partial charge in [0.1, 0.15) is 6.54 Å². The Morgan fingerprint density at radius 1 is 1.24 bits per heavy atom. The predicted molar refractivity (Wildman–Crippen MR) is 81.4 cm³/mol. The van der Waals surface area contributed by atoms with E-state index in [1.165, 1.54) is 17.7 Å². The monoisotopic (exact) mass is 290 g/mol. The highest BCUT2D eigenvalue weighted by Crippen LogP contribution is 2.36. The molecule has 21 heavy (non-hydrogen) atoms. The van der Waals surface area contributed by atoms with Crippen LogP contribution in [0, 0.1) is 5.41 Å². The third kappa shape index (κ3) is 4.21. The average Bonchev–Trinajstić information content (AvgIpc) is 2.90. The van der Waals surface area contributed by atoms with Gasteiger partial charge in [-0.2, -0.15) is 0 Å². The molecule has 0 aromatic heterocycles. The third-order valence-electron chi connectivity index (χ3n) is 4.08. The number of urea groups is 1. The lowest BCUT2D eigenvalue weighted by atomic mass is 9.89. The molecule has 0 radical (unpaired) electrons. The zero-order chi connectivity index (χ0) is 15.3. The second kappa shape index (κ2) is 6.61. The highest BCUT2D eigenvalue weighted by Gasteiger charge is 2.30. The topological polar surface area (TPSA) is 69.6 Å². The quantitative estimate of drug-likeness (QED) is 0.876. The van der Waals surface area contributed by atoms with Gasteiger partial charge in [-0.05, 0) is 30.4 Å². The molecule has 0 aliphatic heterocycles. The van der Waals surface area contributed by atoms with Gasteiger partial charge in [0, 0.05) is 12.2 Å². The molecule has 1 fully saturated rings. The summed E-state index contributed by atoms with van der Waals surface area (Å²) in [5, 5.41) is 11.9. The van der Waals surface area contributed by atoms with Gasteiger partial charge in [0.2, 0.25) is 0 Å². The number of anilines is 1. The summed E-state index contributed by atoms with van der Waals surface area (Å²) in [7, 11) is 0. The van der Waals surface area contributed by atoms with Crippen molar-refractivity contribution in [2.45, 2.75) is 32.6 Å². The fourth-order valence-corrected chi connectivity index (χ4v) is 2.81. The largest absolute Gasteiger partial charge is 0.480 e. The summed E-state index contributed by atoms with van der Waals surface area (Å²) < 4.78 is 0. The number of hydrogen-bond donors (Lipinski definition) is 2. The van der Waals surface area contributed by atoms with Crippen LogP contribution in [0.4, 0.5) is 10.5 Å². The Morgan fingerprint density at radius 2 is 1.86 bits per heavy atom. The fourth-order valence-electron chi connectivity index (χ4n) is 2.81. The molecule has 1 aliphatic carbocycles. The van der Waals surface area contributed by atoms with Gasteiger partial charge in [-0.25, -0.2) is 4.79 Å². The minimum Gasteiger partial charge on any atom is -0.480 e. The molecular formula is C16H22N2O3. The summed E-state index contributed by atoms with van der Waals surface area (Å²) in [4.78, 5) is 24.6. The minimum absolute atomic E-state index is 0.140. The summed E-state index contributed by atoms with van der Waals surface area (Å²) in [5.74, 6) is -1.03. The molecule has 1 aromatic rings. The summed E-state index contributed by atoms with van der Waals surface area (Å²) in [5.41, 5.74) is 0.732. The number of carbonyl (C=O) groups is 2. The third-order valence-corrected chi connectivity index (χ3v) is 4.08. The number of nitrogens with one attached hydrogen (secondary N) is 1. The Balaban J connectivity index is 2.02. The van der Waals surface area contributed by atoms with E-state index in [0.717, 1.165) is 12.8 Å². The molecule has 1 aromatic carbocycles. The van der Waals surface area contributed by atoms with Gasteiger partial charge in [0.25, 0.3) is 0 Å². The molecule has 2 rings (SSSR count). The van der Waals surface area contributed by atoms with Gasteiger partial charge in [-0.15, -0.1) is 0 Å². The van der Waals surface area contributed by atoms with Crippen molar-refractivity contribution in [3.05, 3.63) is 30.3 Å². The van der Waals surface area contributed by atoms with Crippen molar-refractivity contribution in [3.8, 4) is 0 Å². The van der Waals surface area contributed by atoms with E-state index in [1.807, 2.05) is 6.07 Å². The van der Waals surface area contributed by atoms with E-state index in [-0.39, 0.29) is 18.0 Å². The summed E-state index contributed by atoms with van der Waals surface area (Å²) >= 11 is 0. The summed E-state index contributed by atoms with van der Waals surface area (Å²) in [6.45, 7) is 2.42. The lowest BCUT2D eigenvalue weighted by Gasteiger charge is -2.27.